The van der Waals surface area contributed by atoms with Gasteiger partial charge in [0.25, 0.3) is 0 Å². The van der Waals surface area contributed by atoms with Crippen LogP contribution in [-0.4, -0.2) is 16.3 Å². The number of hydrogen-bond acceptors (Lipinski definition) is 2. The van der Waals surface area contributed by atoms with E-state index in [2.05, 4.69) is 12.0 Å². The molecule has 1 atom stereocenters. The van der Waals surface area contributed by atoms with E-state index in [1.165, 1.54) is 0 Å². The lowest BCUT2D eigenvalue weighted by Crippen LogP contribution is -2.20. The maximum absolute atomic E-state index is 6.03. The molecule has 2 N–H and O–H groups in total. The van der Waals surface area contributed by atoms with Crippen LogP contribution < -0.4 is 5.73 Å². The van der Waals surface area contributed by atoms with Gasteiger partial charge in [0.15, 0.2) is 0 Å². The number of hydrogen-bond donors (Lipinski definition) is 1. The normalized spacial score (nSPS) is 13.3. The van der Waals surface area contributed by atoms with Gasteiger partial charge in [-0.05, 0) is 20.3 Å². The third-order valence-electron chi connectivity index (χ3n) is 2.33. The molecule has 3 nitrogen and oxygen atoms in total. The van der Waals surface area contributed by atoms with Crippen LogP contribution in [0.15, 0.2) is 0 Å². The van der Waals surface area contributed by atoms with E-state index in [-0.39, 0.29) is 6.04 Å². The molecule has 0 saturated heterocycles. The average molecular weight is 202 g/mol. The Hall–Kier alpha value is -0.540. The second kappa shape index (κ2) is 4.11. The molecule has 1 rings (SSSR count). The first-order chi connectivity index (χ1) is 6.11. The Balaban J connectivity index is 3.06. The zero-order valence-electron chi connectivity index (χ0n) is 8.34. The molecule has 74 valence electrons. The fourth-order valence-electron chi connectivity index (χ4n) is 1.44. The van der Waals surface area contributed by atoms with Gasteiger partial charge in [-0.15, -0.1) is 0 Å². The van der Waals surface area contributed by atoms with E-state index < -0.39 is 0 Å². The number of halogens is 1. The van der Waals surface area contributed by atoms with Crippen LogP contribution >= 0.6 is 11.6 Å². The molecule has 0 aliphatic carbocycles. The highest BCUT2D eigenvalue weighted by Gasteiger charge is 2.14. The van der Waals surface area contributed by atoms with Gasteiger partial charge in [-0.2, -0.15) is 5.10 Å². The zero-order chi connectivity index (χ0) is 10.0. The van der Waals surface area contributed by atoms with Crippen LogP contribution in [0.4, 0.5) is 0 Å². The van der Waals surface area contributed by atoms with Crippen molar-refractivity contribution in [1.29, 1.82) is 0 Å². The minimum atomic E-state index is 0.270. The van der Waals surface area contributed by atoms with Gasteiger partial charge in [-0.25, -0.2) is 0 Å². The van der Waals surface area contributed by atoms with Gasteiger partial charge in [0.2, 0.25) is 0 Å². The van der Waals surface area contributed by atoms with E-state index in [0.29, 0.717) is 6.54 Å². The van der Waals surface area contributed by atoms with Crippen LogP contribution in [0.5, 0.6) is 0 Å². The summed E-state index contributed by atoms with van der Waals surface area (Å²) in [6.45, 7) is 6.59. The summed E-state index contributed by atoms with van der Waals surface area (Å²) in [4.78, 5) is 0. The fraction of sp³-hybridized carbons (Fsp3) is 0.667. The Morgan fingerprint density at radius 2 is 2.15 bits per heavy atom. The van der Waals surface area contributed by atoms with Crippen LogP contribution in [0.3, 0.4) is 0 Å². The molecule has 13 heavy (non-hydrogen) atoms. The van der Waals surface area contributed by atoms with Gasteiger partial charge < -0.3 is 5.73 Å². The summed E-state index contributed by atoms with van der Waals surface area (Å²) in [5, 5.41) is 5.11. The van der Waals surface area contributed by atoms with Gasteiger partial charge in [-0.1, -0.05) is 18.5 Å². The molecule has 1 aromatic rings. The summed E-state index contributed by atoms with van der Waals surface area (Å²) < 4.78 is 1.93. The van der Waals surface area contributed by atoms with Gasteiger partial charge >= 0.3 is 0 Å². The van der Waals surface area contributed by atoms with Crippen molar-refractivity contribution in [2.45, 2.75) is 33.2 Å². The van der Waals surface area contributed by atoms with Crippen molar-refractivity contribution in [1.82, 2.24) is 9.78 Å². The molecule has 0 bridgehead atoms. The Morgan fingerprint density at radius 3 is 2.46 bits per heavy atom. The lowest BCUT2D eigenvalue weighted by molar-refractivity contribution is 0.439. The molecule has 1 aromatic heterocycles. The van der Waals surface area contributed by atoms with Gasteiger partial charge in [0.05, 0.1) is 22.5 Å². The number of aromatic nitrogens is 2. The second-order valence-electron chi connectivity index (χ2n) is 3.23. The third kappa shape index (κ3) is 1.86. The molecule has 0 aromatic carbocycles. The first-order valence-corrected chi connectivity index (χ1v) is 4.90. The van der Waals surface area contributed by atoms with Gasteiger partial charge in [-0.3, -0.25) is 4.68 Å². The monoisotopic (exact) mass is 201 g/mol. The third-order valence-corrected chi connectivity index (χ3v) is 2.87. The predicted octanol–water partition coefficient (Wildman–Crippen LogP) is 2.06. The number of nitrogens with two attached hydrogens (primary N) is 1. The molecule has 0 aliphatic heterocycles. The summed E-state index contributed by atoms with van der Waals surface area (Å²) in [6, 6.07) is 0.270. The van der Waals surface area contributed by atoms with Gasteiger partial charge in [0, 0.05) is 6.54 Å². The minimum absolute atomic E-state index is 0.270. The van der Waals surface area contributed by atoms with Crippen LogP contribution in [-0.2, 0) is 0 Å². The van der Waals surface area contributed by atoms with Crippen LogP contribution in [0, 0.1) is 13.8 Å². The minimum Gasteiger partial charge on any atom is -0.328 e. The van der Waals surface area contributed by atoms with Crippen molar-refractivity contribution in [3.05, 3.63) is 16.4 Å². The molecule has 0 fully saturated rings. The second-order valence-corrected chi connectivity index (χ2v) is 3.61. The molecule has 0 spiro atoms. The molecule has 1 heterocycles. The molecule has 0 unspecified atom stereocenters. The average Bonchev–Trinajstić information content (AvgIpc) is 2.36. The maximum atomic E-state index is 6.03. The fourth-order valence-corrected chi connectivity index (χ4v) is 1.56. The van der Waals surface area contributed by atoms with Crippen molar-refractivity contribution in [3.63, 3.8) is 0 Å². The quantitative estimate of drug-likeness (QED) is 0.814. The topological polar surface area (TPSA) is 43.8 Å². The van der Waals surface area contributed by atoms with Crippen molar-refractivity contribution in [2.75, 3.05) is 6.54 Å². The summed E-state index contributed by atoms with van der Waals surface area (Å²) in [5.74, 6) is 0. The van der Waals surface area contributed by atoms with Gasteiger partial charge in [0.1, 0.15) is 0 Å². The standard InChI is InChI=1S/C9H16ClN3/c1-4-8(5-11)13-7(3)9(10)6(2)12-13/h8H,4-5,11H2,1-3H3/t8-/m1/s1. The van der Waals surface area contributed by atoms with E-state index in [0.717, 1.165) is 22.8 Å². The van der Waals surface area contributed by atoms with Crippen LogP contribution in [0.1, 0.15) is 30.8 Å². The summed E-state index contributed by atoms with van der Waals surface area (Å²) in [5.41, 5.74) is 7.53. The maximum Gasteiger partial charge on any atom is 0.0844 e. The molecule has 0 aliphatic rings. The van der Waals surface area contributed by atoms with Crippen LogP contribution in [0.25, 0.3) is 0 Å². The van der Waals surface area contributed by atoms with E-state index >= 15 is 0 Å². The first kappa shape index (κ1) is 10.5. The number of nitrogens with zero attached hydrogens (tertiary/aromatic N) is 2. The smallest absolute Gasteiger partial charge is 0.0844 e. The Labute approximate surface area is 83.9 Å². The molecule has 0 amide bonds. The highest BCUT2D eigenvalue weighted by atomic mass is 35.5. The molecule has 4 heteroatoms. The van der Waals surface area contributed by atoms with E-state index in [1.54, 1.807) is 0 Å². The van der Waals surface area contributed by atoms with E-state index in [1.807, 2.05) is 18.5 Å². The molecule has 0 saturated carbocycles. The Bertz CT molecular complexity index is 289. The van der Waals surface area contributed by atoms with E-state index in [9.17, 15) is 0 Å². The lowest BCUT2D eigenvalue weighted by atomic mass is 10.2. The Kier molecular flexibility index (Phi) is 3.33. The first-order valence-electron chi connectivity index (χ1n) is 4.53. The molecule has 0 radical (unpaired) electrons. The van der Waals surface area contributed by atoms with Crippen molar-refractivity contribution >= 4 is 11.6 Å². The summed E-state index contributed by atoms with van der Waals surface area (Å²) in [7, 11) is 0. The zero-order valence-corrected chi connectivity index (χ0v) is 9.10. The highest BCUT2D eigenvalue weighted by molar-refractivity contribution is 6.31. The van der Waals surface area contributed by atoms with Crippen molar-refractivity contribution in [2.24, 2.45) is 5.73 Å². The largest absolute Gasteiger partial charge is 0.328 e. The van der Waals surface area contributed by atoms with E-state index in [4.69, 9.17) is 17.3 Å². The molecular weight excluding hydrogens is 186 g/mol. The summed E-state index contributed by atoms with van der Waals surface area (Å²) >= 11 is 6.03. The summed E-state index contributed by atoms with van der Waals surface area (Å²) in [6.07, 6.45) is 0.981. The van der Waals surface area contributed by atoms with Crippen molar-refractivity contribution in [3.8, 4) is 0 Å². The Morgan fingerprint density at radius 1 is 1.54 bits per heavy atom. The SMILES string of the molecule is CC[C@H](CN)n1nc(C)c(Cl)c1C. The highest BCUT2D eigenvalue weighted by Crippen LogP contribution is 2.22. The lowest BCUT2D eigenvalue weighted by Gasteiger charge is -2.14. The number of rotatable bonds is 3. The predicted molar refractivity (Wildman–Crippen MR) is 55.1 cm³/mol. The van der Waals surface area contributed by atoms with Crippen molar-refractivity contribution < 1.29 is 0 Å². The van der Waals surface area contributed by atoms with Crippen LogP contribution in [0.2, 0.25) is 5.02 Å². The molecular formula is C9H16ClN3. The number of aryl methyl sites for hydroxylation is 1.